The third kappa shape index (κ3) is 2.12. The Morgan fingerprint density at radius 3 is 2.86 bits per heavy atom. The number of anilines is 1. The Morgan fingerprint density at radius 1 is 1.19 bits per heavy atom. The number of likely N-dealkylation sites (tertiary alicyclic amines) is 1. The molecule has 2 fully saturated rings. The summed E-state index contributed by atoms with van der Waals surface area (Å²) in [5.74, 6) is 0.845. The average molecular weight is 284 g/mol. The van der Waals surface area contributed by atoms with Gasteiger partial charge in [0.1, 0.15) is 11.3 Å². The Kier molecular flexibility index (Phi) is 3.15. The summed E-state index contributed by atoms with van der Waals surface area (Å²) in [6.45, 7) is 4.44. The molecule has 1 unspecified atom stereocenters. The topological polar surface area (TPSA) is 40.9 Å². The first kappa shape index (κ1) is 12.8. The summed E-state index contributed by atoms with van der Waals surface area (Å²) in [6.07, 6.45) is 6.66. The molecule has 2 aromatic rings. The molecule has 21 heavy (non-hydrogen) atoms. The molecule has 4 rings (SSSR count). The van der Waals surface area contributed by atoms with Gasteiger partial charge in [0.05, 0.1) is 0 Å². The summed E-state index contributed by atoms with van der Waals surface area (Å²) in [4.78, 5) is 21.0. The minimum atomic E-state index is 0.622. The predicted octanol–water partition coefficient (Wildman–Crippen LogP) is 1.82. The van der Waals surface area contributed by atoms with Crippen molar-refractivity contribution in [2.45, 2.75) is 25.3 Å². The monoisotopic (exact) mass is 284 g/mol. The molecule has 4 heterocycles. The van der Waals surface area contributed by atoms with Crippen molar-refractivity contribution in [3.8, 4) is 0 Å². The SMILES string of the molecule is O=Cc1c(N2CCC(N3CCCC3)C2)nc2ccccn12. The van der Waals surface area contributed by atoms with Gasteiger partial charge in [-0.3, -0.25) is 14.1 Å². The number of rotatable bonds is 3. The fourth-order valence-corrected chi connectivity index (χ4v) is 3.68. The Bertz CT molecular complexity index is 659. The van der Waals surface area contributed by atoms with Crippen molar-refractivity contribution in [2.75, 3.05) is 31.1 Å². The lowest BCUT2D eigenvalue weighted by Crippen LogP contribution is -2.35. The van der Waals surface area contributed by atoms with Crippen molar-refractivity contribution in [1.82, 2.24) is 14.3 Å². The van der Waals surface area contributed by atoms with Crippen LogP contribution in [0.5, 0.6) is 0 Å². The molecule has 0 aromatic carbocycles. The van der Waals surface area contributed by atoms with Crippen molar-refractivity contribution in [1.29, 1.82) is 0 Å². The van der Waals surface area contributed by atoms with E-state index in [0.29, 0.717) is 11.7 Å². The number of fused-ring (bicyclic) bond motifs is 1. The highest BCUT2D eigenvalue weighted by molar-refractivity contribution is 5.83. The first-order chi connectivity index (χ1) is 10.4. The molecule has 0 saturated carbocycles. The molecule has 2 aliphatic heterocycles. The molecule has 0 N–H and O–H groups in total. The fraction of sp³-hybridized carbons (Fsp3) is 0.500. The number of nitrogens with zero attached hydrogens (tertiary/aromatic N) is 4. The van der Waals surface area contributed by atoms with Gasteiger partial charge in [-0.15, -0.1) is 0 Å². The minimum absolute atomic E-state index is 0.622. The second-order valence-corrected chi connectivity index (χ2v) is 6.00. The molecule has 2 aliphatic rings. The number of hydrogen-bond acceptors (Lipinski definition) is 4. The van der Waals surface area contributed by atoms with E-state index in [2.05, 4.69) is 14.8 Å². The Morgan fingerprint density at radius 2 is 2.05 bits per heavy atom. The van der Waals surface area contributed by atoms with Crippen LogP contribution >= 0.6 is 0 Å². The molecule has 2 aromatic heterocycles. The highest BCUT2D eigenvalue weighted by Gasteiger charge is 2.31. The molecule has 0 amide bonds. The van der Waals surface area contributed by atoms with E-state index in [0.717, 1.165) is 30.8 Å². The molecule has 110 valence electrons. The van der Waals surface area contributed by atoms with Crippen LogP contribution in [0.15, 0.2) is 24.4 Å². The number of aldehydes is 1. The Labute approximate surface area is 124 Å². The highest BCUT2D eigenvalue weighted by Crippen LogP contribution is 2.27. The van der Waals surface area contributed by atoms with Crippen molar-refractivity contribution < 1.29 is 4.79 Å². The van der Waals surface area contributed by atoms with E-state index in [9.17, 15) is 4.79 Å². The molecular weight excluding hydrogens is 264 g/mol. The van der Waals surface area contributed by atoms with E-state index in [4.69, 9.17) is 0 Å². The van der Waals surface area contributed by atoms with Crippen molar-refractivity contribution in [2.24, 2.45) is 0 Å². The maximum absolute atomic E-state index is 11.5. The zero-order valence-corrected chi connectivity index (χ0v) is 12.1. The summed E-state index contributed by atoms with van der Waals surface area (Å²) in [7, 11) is 0. The summed E-state index contributed by atoms with van der Waals surface area (Å²) >= 11 is 0. The lowest BCUT2D eigenvalue weighted by atomic mass is 10.2. The van der Waals surface area contributed by atoms with Gasteiger partial charge in [0, 0.05) is 25.3 Å². The number of hydrogen-bond donors (Lipinski definition) is 0. The zero-order chi connectivity index (χ0) is 14.2. The fourth-order valence-electron chi connectivity index (χ4n) is 3.68. The van der Waals surface area contributed by atoms with Gasteiger partial charge in [0.25, 0.3) is 0 Å². The first-order valence-electron chi connectivity index (χ1n) is 7.78. The van der Waals surface area contributed by atoms with E-state index < -0.39 is 0 Å². The van der Waals surface area contributed by atoms with Crippen molar-refractivity contribution in [3.05, 3.63) is 30.1 Å². The van der Waals surface area contributed by atoms with Crippen molar-refractivity contribution in [3.63, 3.8) is 0 Å². The van der Waals surface area contributed by atoms with E-state index in [1.165, 1.54) is 32.4 Å². The van der Waals surface area contributed by atoms with Crippen LogP contribution in [0.2, 0.25) is 0 Å². The van der Waals surface area contributed by atoms with Crippen LogP contribution in [0, 0.1) is 0 Å². The molecule has 2 saturated heterocycles. The number of carbonyl (C=O) groups is 1. The van der Waals surface area contributed by atoms with Gasteiger partial charge in [-0.05, 0) is 44.5 Å². The summed E-state index contributed by atoms with van der Waals surface area (Å²) < 4.78 is 1.88. The number of pyridine rings is 1. The van der Waals surface area contributed by atoms with Gasteiger partial charge in [0.15, 0.2) is 12.1 Å². The van der Waals surface area contributed by atoms with Gasteiger partial charge in [-0.2, -0.15) is 0 Å². The quantitative estimate of drug-likeness (QED) is 0.806. The van der Waals surface area contributed by atoms with Crippen LogP contribution in [0.25, 0.3) is 5.65 Å². The molecule has 0 bridgehead atoms. The van der Waals surface area contributed by atoms with E-state index in [-0.39, 0.29) is 0 Å². The summed E-state index contributed by atoms with van der Waals surface area (Å²) in [5, 5.41) is 0. The lowest BCUT2D eigenvalue weighted by Gasteiger charge is -2.23. The second kappa shape index (κ2) is 5.15. The number of aromatic nitrogens is 2. The second-order valence-electron chi connectivity index (χ2n) is 6.00. The van der Waals surface area contributed by atoms with Crippen LogP contribution in [-0.4, -0.2) is 52.8 Å². The number of imidazole rings is 1. The van der Waals surface area contributed by atoms with E-state index >= 15 is 0 Å². The summed E-state index contributed by atoms with van der Waals surface area (Å²) in [5.41, 5.74) is 1.52. The third-order valence-corrected chi connectivity index (χ3v) is 4.78. The minimum Gasteiger partial charge on any atom is -0.353 e. The lowest BCUT2D eigenvalue weighted by molar-refractivity contribution is 0.111. The molecular formula is C16H20N4O. The molecule has 0 aliphatic carbocycles. The molecule has 1 atom stereocenters. The molecule has 0 radical (unpaired) electrons. The van der Waals surface area contributed by atoms with E-state index in [1.807, 2.05) is 28.8 Å². The zero-order valence-electron chi connectivity index (χ0n) is 12.1. The van der Waals surface area contributed by atoms with Crippen LogP contribution in [-0.2, 0) is 0 Å². The summed E-state index contributed by atoms with van der Waals surface area (Å²) in [6, 6.07) is 6.46. The highest BCUT2D eigenvalue weighted by atomic mass is 16.1. The maximum Gasteiger partial charge on any atom is 0.170 e. The predicted molar refractivity (Wildman–Crippen MR) is 82.0 cm³/mol. The normalized spacial score (nSPS) is 23.2. The van der Waals surface area contributed by atoms with Crippen molar-refractivity contribution >= 4 is 17.8 Å². The smallest absolute Gasteiger partial charge is 0.170 e. The van der Waals surface area contributed by atoms with Gasteiger partial charge < -0.3 is 4.90 Å². The molecule has 5 heteroatoms. The van der Waals surface area contributed by atoms with Crippen LogP contribution < -0.4 is 4.90 Å². The standard InChI is InChI=1S/C16H20N4O/c21-12-14-16(17-15-5-1-2-9-20(14)15)19-10-6-13(11-19)18-7-3-4-8-18/h1-2,5,9,12-13H,3-4,6-8,10-11H2. The maximum atomic E-state index is 11.5. The Hall–Kier alpha value is -1.88. The number of carbonyl (C=O) groups excluding carboxylic acids is 1. The molecule has 0 spiro atoms. The molecule has 5 nitrogen and oxygen atoms in total. The van der Waals surface area contributed by atoms with Gasteiger partial charge in [-0.25, -0.2) is 4.98 Å². The average Bonchev–Trinajstić information content (AvgIpc) is 3.24. The largest absolute Gasteiger partial charge is 0.353 e. The van der Waals surface area contributed by atoms with Gasteiger partial charge in [-0.1, -0.05) is 6.07 Å². The first-order valence-corrected chi connectivity index (χ1v) is 7.78. The third-order valence-electron chi connectivity index (χ3n) is 4.78. The van der Waals surface area contributed by atoms with Crippen LogP contribution in [0.1, 0.15) is 29.8 Å². The van der Waals surface area contributed by atoms with Gasteiger partial charge >= 0.3 is 0 Å². The van der Waals surface area contributed by atoms with Gasteiger partial charge in [0.2, 0.25) is 0 Å². The van der Waals surface area contributed by atoms with Crippen LogP contribution in [0.3, 0.4) is 0 Å². The Balaban J connectivity index is 1.63. The van der Waals surface area contributed by atoms with E-state index in [1.54, 1.807) is 0 Å². The van der Waals surface area contributed by atoms with Crippen LogP contribution in [0.4, 0.5) is 5.82 Å².